The van der Waals surface area contributed by atoms with Crippen molar-refractivity contribution in [3.63, 3.8) is 0 Å². The van der Waals surface area contributed by atoms with Crippen LogP contribution in [-0.2, 0) is 11.3 Å². The van der Waals surface area contributed by atoms with E-state index in [4.69, 9.17) is 4.74 Å². The van der Waals surface area contributed by atoms with E-state index in [2.05, 4.69) is 12.2 Å². The molecule has 0 bridgehead atoms. The molecule has 6 heteroatoms. The monoisotopic (exact) mass is 451 g/mol. The molecule has 1 amide bonds. The number of amides is 1. The molecule has 0 unspecified atom stereocenters. The summed E-state index contributed by atoms with van der Waals surface area (Å²) < 4.78 is 5.11. The molecule has 0 saturated carbocycles. The maximum atomic E-state index is 11.9. The summed E-state index contributed by atoms with van der Waals surface area (Å²) in [7, 11) is 0. The lowest BCUT2D eigenvalue weighted by Crippen LogP contribution is -2.50. The Hall–Kier alpha value is -1.63. The second-order valence-corrected chi connectivity index (χ2v) is 8.73. The molecule has 32 heavy (non-hydrogen) atoms. The molecule has 4 N–H and O–H groups in total. The second kappa shape index (κ2) is 18.9. The third-order valence-corrected chi connectivity index (χ3v) is 5.87. The number of hydrogen-bond acceptors (Lipinski definition) is 5. The van der Waals surface area contributed by atoms with Gasteiger partial charge in [0.15, 0.2) is 0 Å². The van der Waals surface area contributed by atoms with Crippen LogP contribution in [0.15, 0.2) is 30.3 Å². The summed E-state index contributed by atoms with van der Waals surface area (Å²) in [5.74, 6) is 0. The van der Waals surface area contributed by atoms with Gasteiger partial charge in [0.05, 0.1) is 18.8 Å². The van der Waals surface area contributed by atoms with Gasteiger partial charge in [0.25, 0.3) is 0 Å². The van der Waals surface area contributed by atoms with Crippen LogP contribution in [0.25, 0.3) is 0 Å². The van der Waals surface area contributed by atoms with Crippen molar-refractivity contribution in [2.45, 2.75) is 115 Å². The standard InChI is InChI=1S/C26H45NO5/c1-2-3-4-5-6-7-8-9-10-11-12-16-19-24(29)25(30)23(20-28)27-26(31)32-21-22-17-14-13-15-18-22/h13-15,17-18,23-25,28-30H,2-12,16,19-21H2,1H3,(H,27,31)/t23-,24+,25+/m0/s1. The first-order valence-corrected chi connectivity index (χ1v) is 12.5. The molecule has 184 valence electrons. The molecular weight excluding hydrogens is 406 g/mol. The fourth-order valence-corrected chi connectivity index (χ4v) is 3.79. The van der Waals surface area contributed by atoms with Crippen LogP contribution in [0.3, 0.4) is 0 Å². The Balaban J connectivity index is 2.10. The zero-order chi connectivity index (χ0) is 23.4. The van der Waals surface area contributed by atoms with Crippen LogP contribution in [0.5, 0.6) is 0 Å². The van der Waals surface area contributed by atoms with Crippen molar-refractivity contribution in [2.75, 3.05) is 6.61 Å². The van der Waals surface area contributed by atoms with Crippen LogP contribution in [0.2, 0.25) is 0 Å². The van der Waals surface area contributed by atoms with Gasteiger partial charge >= 0.3 is 6.09 Å². The smallest absolute Gasteiger partial charge is 0.407 e. The SMILES string of the molecule is CCCCCCCCCCCCCC[C@@H](O)[C@H](O)[C@H](CO)NC(=O)OCc1ccccc1. The highest BCUT2D eigenvalue weighted by molar-refractivity contribution is 5.67. The summed E-state index contributed by atoms with van der Waals surface area (Å²) in [5.41, 5.74) is 0.843. The molecule has 1 rings (SSSR count). The van der Waals surface area contributed by atoms with Gasteiger partial charge in [-0.15, -0.1) is 0 Å². The van der Waals surface area contributed by atoms with Gasteiger partial charge in [0.2, 0.25) is 0 Å². The third kappa shape index (κ3) is 13.7. The Bertz CT molecular complexity index is 569. The minimum atomic E-state index is -1.24. The minimum Gasteiger partial charge on any atom is -0.445 e. The Labute approximate surface area is 194 Å². The average molecular weight is 452 g/mol. The molecule has 1 aromatic rings. The van der Waals surface area contributed by atoms with Crippen molar-refractivity contribution in [1.82, 2.24) is 5.32 Å². The van der Waals surface area contributed by atoms with Crippen molar-refractivity contribution < 1.29 is 24.9 Å². The van der Waals surface area contributed by atoms with E-state index in [1.54, 1.807) is 0 Å². The van der Waals surface area contributed by atoms with Gasteiger partial charge < -0.3 is 25.4 Å². The molecular formula is C26H45NO5. The molecule has 6 nitrogen and oxygen atoms in total. The fourth-order valence-electron chi connectivity index (χ4n) is 3.79. The average Bonchev–Trinajstić information content (AvgIpc) is 2.82. The van der Waals surface area contributed by atoms with Gasteiger partial charge in [0.1, 0.15) is 12.7 Å². The van der Waals surface area contributed by atoms with Crippen molar-refractivity contribution in [2.24, 2.45) is 0 Å². The van der Waals surface area contributed by atoms with E-state index in [1.165, 1.54) is 57.8 Å². The first-order valence-electron chi connectivity index (χ1n) is 12.5. The van der Waals surface area contributed by atoms with Gasteiger partial charge in [-0.3, -0.25) is 0 Å². The number of carbonyl (C=O) groups excluding carboxylic acids is 1. The molecule has 0 aliphatic heterocycles. The summed E-state index contributed by atoms with van der Waals surface area (Å²) in [4.78, 5) is 11.9. The van der Waals surface area contributed by atoms with Gasteiger partial charge in [-0.2, -0.15) is 0 Å². The Kier molecular flexibility index (Phi) is 16.8. The summed E-state index contributed by atoms with van der Waals surface area (Å²) in [6.45, 7) is 1.87. The molecule has 0 spiro atoms. The van der Waals surface area contributed by atoms with Crippen LogP contribution < -0.4 is 5.32 Å². The number of rotatable bonds is 19. The Morgan fingerprint density at radius 2 is 1.41 bits per heavy atom. The van der Waals surface area contributed by atoms with E-state index in [0.29, 0.717) is 6.42 Å². The minimum absolute atomic E-state index is 0.0995. The molecule has 0 radical (unpaired) electrons. The Morgan fingerprint density at radius 1 is 0.875 bits per heavy atom. The predicted octanol–water partition coefficient (Wildman–Crippen LogP) is 5.09. The molecule has 0 aliphatic carbocycles. The fraction of sp³-hybridized carbons (Fsp3) is 0.731. The first kappa shape index (κ1) is 28.4. The number of carbonyl (C=O) groups is 1. The van der Waals surface area contributed by atoms with Crippen LogP contribution in [0, 0.1) is 0 Å². The van der Waals surface area contributed by atoms with Crippen molar-refractivity contribution in [3.05, 3.63) is 35.9 Å². The van der Waals surface area contributed by atoms with E-state index >= 15 is 0 Å². The van der Waals surface area contributed by atoms with E-state index in [0.717, 1.165) is 24.8 Å². The highest BCUT2D eigenvalue weighted by Gasteiger charge is 2.27. The van der Waals surface area contributed by atoms with Crippen molar-refractivity contribution in [1.29, 1.82) is 0 Å². The topological polar surface area (TPSA) is 99.0 Å². The van der Waals surface area contributed by atoms with Crippen molar-refractivity contribution >= 4 is 6.09 Å². The van der Waals surface area contributed by atoms with E-state index in [1.807, 2.05) is 30.3 Å². The van der Waals surface area contributed by atoms with Crippen LogP contribution in [0.4, 0.5) is 4.79 Å². The number of benzene rings is 1. The van der Waals surface area contributed by atoms with Gasteiger partial charge in [-0.25, -0.2) is 4.79 Å². The highest BCUT2D eigenvalue weighted by atomic mass is 16.5. The van der Waals surface area contributed by atoms with E-state index in [9.17, 15) is 20.1 Å². The molecule has 0 fully saturated rings. The maximum Gasteiger partial charge on any atom is 0.407 e. The number of hydrogen-bond donors (Lipinski definition) is 4. The zero-order valence-electron chi connectivity index (χ0n) is 19.9. The van der Waals surface area contributed by atoms with Crippen LogP contribution in [-0.4, -0.2) is 46.3 Å². The largest absolute Gasteiger partial charge is 0.445 e. The predicted molar refractivity (Wildman–Crippen MR) is 128 cm³/mol. The van der Waals surface area contributed by atoms with Gasteiger partial charge in [-0.1, -0.05) is 114 Å². The van der Waals surface area contributed by atoms with Crippen LogP contribution in [0.1, 0.15) is 96.0 Å². The summed E-state index contributed by atoms with van der Waals surface area (Å²) in [5, 5.41) is 32.5. The lowest BCUT2D eigenvalue weighted by atomic mass is 9.99. The number of nitrogens with one attached hydrogen (secondary N) is 1. The number of alkyl carbamates (subject to hydrolysis) is 1. The number of aliphatic hydroxyl groups is 3. The molecule has 0 heterocycles. The van der Waals surface area contributed by atoms with E-state index in [-0.39, 0.29) is 6.61 Å². The quantitative estimate of drug-likeness (QED) is 0.220. The lowest BCUT2D eigenvalue weighted by Gasteiger charge is -2.26. The van der Waals surface area contributed by atoms with Gasteiger partial charge in [-0.05, 0) is 12.0 Å². The van der Waals surface area contributed by atoms with Crippen LogP contribution >= 0.6 is 0 Å². The maximum absolute atomic E-state index is 11.9. The third-order valence-electron chi connectivity index (χ3n) is 5.87. The molecule has 1 aromatic carbocycles. The van der Waals surface area contributed by atoms with Crippen molar-refractivity contribution in [3.8, 4) is 0 Å². The lowest BCUT2D eigenvalue weighted by molar-refractivity contribution is -0.0211. The van der Waals surface area contributed by atoms with Gasteiger partial charge in [0, 0.05) is 0 Å². The first-order chi connectivity index (χ1) is 15.6. The number of unbranched alkanes of at least 4 members (excludes halogenated alkanes) is 11. The second-order valence-electron chi connectivity index (χ2n) is 8.73. The molecule has 0 saturated heterocycles. The molecule has 3 atom stereocenters. The Morgan fingerprint density at radius 3 is 1.94 bits per heavy atom. The molecule has 0 aliphatic rings. The zero-order valence-corrected chi connectivity index (χ0v) is 19.9. The summed E-state index contributed by atoms with van der Waals surface area (Å²) in [6, 6.07) is 8.28. The summed E-state index contributed by atoms with van der Waals surface area (Å²) in [6.07, 6.45) is 12.3. The normalized spacial score (nSPS) is 14.0. The highest BCUT2D eigenvalue weighted by Crippen LogP contribution is 2.14. The summed E-state index contributed by atoms with van der Waals surface area (Å²) >= 11 is 0. The number of ether oxygens (including phenoxy) is 1. The number of aliphatic hydroxyl groups excluding tert-OH is 3. The molecule has 0 aromatic heterocycles. The van der Waals surface area contributed by atoms with E-state index < -0.39 is 30.9 Å².